The van der Waals surface area contributed by atoms with Crippen molar-refractivity contribution in [1.29, 1.82) is 0 Å². The van der Waals surface area contributed by atoms with Crippen LogP contribution in [0.15, 0.2) is 24.5 Å². The Morgan fingerprint density at radius 3 is 3.00 bits per heavy atom. The van der Waals surface area contributed by atoms with E-state index in [2.05, 4.69) is 9.97 Å². The summed E-state index contributed by atoms with van der Waals surface area (Å²) >= 11 is 0. The highest BCUT2D eigenvalue weighted by molar-refractivity contribution is 5.76. The van der Waals surface area contributed by atoms with Gasteiger partial charge in [0, 0.05) is 6.04 Å². The Morgan fingerprint density at radius 1 is 1.58 bits per heavy atom. The molecule has 0 aliphatic carbocycles. The number of carboxylic acids is 1. The van der Waals surface area contributed by atoms with Gasteiger partial charge in [-0.15, -0.1) is 0 Å². The molecule has 6 heteroatoms. The van der Waals surface area contributed by atoms with Crippen molar-refractivity contribution in [3.63, 3.8) is 0 Å². The first-order valence-corrected chi connectivity index (χ1v) is 6.10. The lowest BCUT2D eigenvalue weighted by molar-refractivity contribution is -0.140. The van der Waals surface area contributed by atoms with Crippen LogP contribution in [0.1, 0.15) is 12.0 Å². The molecule has 2 heterocycles. The highest BCUT2D eigenvalue weighted by Gasteiger charge is 2.46. The lowest BCUT2D eigenvalue weighted by atomic mass is 9.71. The third-order valence-corrected chi connectivity index (χ3v) is 3.82. The van der Waals surface area contributed by atoms with Crippen molar-refractivity contribution < 1.29 is 14.6 Å². The number of carboxylic acid groups (broad SMARTS) is 1. The molecule has 4 N–H and O–H groups in total. The van der Waals surface area contributed by atoms with E-state index >= 15 is 0 Å². The Hall–Kier alpha value is -1.92. The number of hydrogen-bond acceptors (Lipinski definition) is 4. The molecule has 1 aromatic heterocycles. The van der Waals surface area contributed by atoms with Crippen LogP contribution >= 0.6 is 0 Å². The molecule has 1 aliphatic heterocycles. The van der Waals surface area contributed by atoms with E-state index in [1.165, 1.54) is 0 Å². The zero-order chi connectivity index (χ0) is 13.5. The molecule has 0 saturated carbocycles. The molecular weight excluding hydrogens is 246 g/mol. The summed E-state index contributed by atoms with van der Waals surface area (Å²) in [6.45, 7) is 0.919. The Labute approximate surface area is 109 Å². The molecule has 0 spiro atoms. The second-order valence-corrected chi connectivity index (χ2v) is 4.99. The summed E-state index contributed by atoms with van der Waals surface area (Å²) in [5.41, 5.74) is 8.48. The van der Waals surface area contributed by atoms with Crippen molar-refractivity contribution in [2.75, 3.05) is 13.2 Å². The fourth-order valence-corrected chi connectivity index (χ4v) is 2.55. The first-order valence-electron chi connectivity index (χ1n) is 6.10. The van der Waals surface area contributed by atoms with Crippen LogP contribution < -0.4 is 5.73 Å². The molecule has 0 bridgehead atoms. The summed E-state index contributed by atoms with van der Waals surface area (Å²) in [5.74, 6) is -0.888. The number of nitrogens with two attached hydrogens (primary N) is 1. The maximum Gasteiger partial charge on any atom is 0.304 e. The molecule has 1 saturated heterocycles. The van der Waals surface area contributed by atoms with Crippen molar-refractivity contribution in [2.45, 2.75) is 17.9 Å². The van der Waals surface area contributed by atoms with Gasteiger partial charge in [0.05, 0.1) is 42.4 Å². The molecule has 1 aliphatic rings. The topological polar surface area (TPSA) is 101 Å². The largest absolute Gasteiger partial charge is 0.481 e. The fourth-order valence-electron chi connectivity index (χ4n) is 2.55. The van der Waals surface area contributed by atoms with Gasteiger partial charge >= 0.3 is 5.97 Å². The summed E-state index contributed by atoms with van der Waals surface area (Å²) in [7, 11) is 0. The van der Waals surface area contributed by atoms with E-state index in [4.69, 9.17) is 15.6 Å². The molecule has 1 atom stereocenters. The number of carbonyl (C=O) groups is 1. The number of ether oxygens (including phenoxy) is 1. The number of rotatable bonds is 4. The van der Waals surface area contributed by atoms with Gasteiger partial charge in [0.1, 0.15) is 0 Å². The van der Waals surface area contributed by atoms with Crippen LogP contribution in [0, 0.1) is 0 Å². The van der Waals surface area contributed by atoms with Crippen LogP contribution in [-0.2, 0) is 14.9 Å². The van der Waals surface area contributed by atoms with Gasteiger partial charge in [0.25, 0.3) is 0 Å². The molecule has 19 heavy (non-hydrogen) atoms. The number of aromatic amines is 1. The van der Waals surface area contributed by atoms with E-state index in [-0.39, 0.29) is 6.42 Å². The van der Waals surface area contributed by atoms with E-state index < -0.39 is 17.4 Å². The number of nitrogens with one attached hydrogen (secondary N) is 1. The molecule has 6 nitrogen and oxygen atoms in total. The molecule has 0 radical (unpaired) electrons. The minimum Gasteiger partial charge on any atom is -0.481 e. The van der Waals surface area contributed by atoms with Crippen LogP contribution in [0.2, 0.25) is 0 Å². The summed E-state index contributed by atoms with van der Waals surface area (Å²) in [6, 6.07) is 5.38. The van der Waals surface area contributed by atoms with Crippen LogP contribution in [0.5, 0.6) is 0 Å². The van der Waals surface area contributed by atoms with Gasteiger partial charge in [-0.1, -0.05) is 6.07 Å². The Morgan fingerprint density at radius 2 is 2.37 bits per heavy atom. The maximum atomic E-state index is 10.9. The Balaban J connectivity index is 1.98. The first-order chi connectivity index (χ1) is 9.12. The van der Waals surface area contributed by atoms with Crippen LogP contribution in [0.25, 0.3) is 11.0 Å². The number of aliphatic carboxylic acids is 1. The number of nitrogens with zero attached hydrogens (tertiary/aromatic N) is 1. The maximum absolute atomic E-state index is 10.9. The SMILES string of the molecule is NC(CC(=O)O)C1(c2ccc3nc[nH]c3c2)COC1. The van der Waals surface area contributed by atoms with E-state index in [1.54, 1.807) is 6.33 Å². The van der Waals surface area contributed by atoms with Crippen LogP contribution in [-0.4, -0.2) is 40.3 Å². The predicted molar refractivity (Wildman–Crippen MR) is 68.8 cm³/mol. The van der Waals surface area contributed by atoms with Crippen molar-refractivity contribution in [1.82, 2.24) is 9.97 Å². The van der Waals surface area contributed by atoms with Gasteiger partial charge in [-0.25, -0.2) is 4.98 Å². The molecule has 0 amide bonds. The van der Waals surface area contributed by atoms with Crippen LogP contribution in [0.3, 0.4) is 0 Å². The number of hydrogen-bond donors (Lipinski definition) is 3. The Kier molecular flexibility index (Phi) is 2.76. The highest BCUT2D eigenvalue weighted by atomic mass is 16.5. The van der Waals surface area contributed by atoms with Gasteiger partial charge in [0.2, 0.25) is 0 Å². The molecule has 2 aromatic rings. The second kappa shape index (κ2) is 4.32. The monoisotopic (exact) mass is 261 g/mol. The normalized spacial score (nSPS) is 19.0. The number of H-pyrrole nitrogens is 1. The number of fused-ring (bicyclic) bond motifs is 1. The smallest absolute Gasteiger partial charge is 0.304 e. The molecule has 1 aromatic carbocycles. The zero-order valence-corrected chi connectivity index (χ0v) is 10.3. The number of imidazole rings is 1. The summed E-state index contributed by atoms with van der Waals surface area (Å²) in [4.78, 5) is 18.1. The van der Waals surface area contributed by atoms with Gasteiger partial charge in [-0.3, -0.25) is 4.79 Å². The van der Waals surface area contributed by atoms with Gasteiger partial charge in [-0.2, -0.15) is 0 Å². The van der Waals surface area contributed by atoms with Gasteiger partial charge in [-0.05, 0) is 17.7 Å². The molecule has 100 valence electrons. The lowest BCUT2D eigenvalue weighted by Gasteiger charge is -2.45. The molecule has 3 rings (SSSR count). The van der Waals surface area contributed by atoms with Gasteiger partial charge < -0.3 is 20.6 Å². The summed E-state index contributed by atoms with van der Waals surface area (Å²) in [6.07, 6.45) is 1.57. The molecule has 1 fully saturated rings. The van der Waals surface area contributed by atoms with Crippen LogP contribution in [0.4, 0.5) is 0 Å². The van der Waals surface area contributed by atoms with Crippen molar-refractivity contribution in [3.8, 4) is 0 Å². The van der Waals surface area contributed by atoms with Gasteiger partial charge in [0.15, 0.2) is 0 Å². The minimum absolute atomic E-state index is 0.0651. The standard InChI is InChI=1S/C13H15N3O3/c14-11(4-12(17)18)13(5-19-6-13)8-1-2-9-10(3-8)16-7-15-9/h1-3,7,11H,4-6,14H2,(H,15,16)(H,17,18). The quantitative estimate of drug-likeness (QED) is 0.749. The Bertz CT molecular complexity index is 618. The third kappa shape index (κ3) is 1.89. The van der Waals surface area contributed by atoms with E-state index in [1.807, 2.05) is 18.2 Å². The number of aromatic nitrogens is 2. The molecular formula is C13H15N3O3. The van der Waals surface area contributed by atoms with Crippen molar-refractivity contribution in [2.24, 2.45) is 5.73 Å². The summed E-state index contributed by atoms with van der Waals surface area (Å²) < 4.78 is 5.29. The van der Waals surface area contributed by atoms with E-state index in [9.17, 15) is 4.79 Å². The highest BCUT2D eigenvalue weighted by Crippen LogP contribution is 2.37. The first kappa shape index (κ1) is 12.1. The lowest BCUT2D eigenvalue weighted by Crippen LogP contribution is -2.59. The fraction of sp³-hybridized carbons (Fsp3) is 0.385. The number of benzene rings is 1. The zero-order valence-electron chi connectivity index (χ0n) is 10.3. The minimum atomic E-state index is -0.888. The van der Waals surface area contributed by atoms with Crippen molar-refractivity contribution in [3.05, 3.63) is 30.1 Å². The predicted octanol–water partition coefficient (Wildman–Crippen LogP) is 0.633. The van der Waals surface area contributed by atoms with E-state index in [0.717, 1.165) is 16.6 Å². The van der Waals surface area contributed by atoms with Crippen molar-refractivity contribution >= 4 is 17.0 Å². The third-order valence-electron chi connectivity index (χ3n) is 3.82. The second-order valence-electron chi connectivity index (χ2n) is 4.99. The van der Waals surface area contributed by atoms with E-state index in [0.29, 0.717) is 13.2 Å². The molecule has 1 unspecified atom stereocenters. The summed E-state index contributed by atoms with van der Waals surface area (Å²) in [5, 5.41) is 8.92. The average Bonchev–Trinajstić information content (AvgIpc) is 2.73. The average molecular weight is 261 g/mol.